The van der Waals surface area contributed by atoms with Gasteiger partial charge in [-0.15, -0.1) is 0 Å². The van der Waals surface area contributed by atoms with Gasteiger partial charge in [0.15, 0.2) is 12.4 Å². The van der Waals surface area contributed by atoms with Crippen molar-refractivity contribution in [3.63, 3.8) is 0 Å². The Bertz CT molecular complexity index is 818. The van der Waals surface area contributed by atoms with Gasteiger partial charge in [-0.2, -0.15) is 0 Å². The molecule has 0 radical (unpaired) electrons. The van der Waals surface area contributed by atoms with Gasteiger partial charge in [0.1, 0.15) is 11.5 Å². The van der Waals surface area contributed by atoms with E-state index >= 15 is 0 Å². The molecule has 7 heteroatoms. The van der Waals surface area contributed by atoms with Crippen LogP contribution in [-0.4, -0.2) is 33.9 Å². The fourth-order valence-corrected chi connectivity index (χ4v) is 3.23. The van der Waals surface area contributed by atoms with Crippen molar-refractivity contribution in [2.45, 2.75) is 11.7 Å². The fraction of sp³-hybridized carbons (Fsp3) is 0.167. The lowest BCUT2D eigenvalue weighted by atomic mass is 10.1. The molecule has 6 nitrogen and oxygen atoms in total. The van der Waals surface area contributed by atoms with Crippen LogP contribution >= 0.6 is 11.8 Å². The molecule has 0 saturated carbocycles. The van der Waals surface area contributed by atoms with Crippen LogP contribution in [0.1, 0.15) is 15.9 Å². The number of imide groups is 1. The minimum absolute atomic E-state index is 0.0301. The van der Waals surface area contributed by atoms with E-state index in [-0.39, 0.29) is 29.3 Å². The summed E-state index contributed by atoms with van der Waals surface area (Å²) in [4.78, 5) is 34.7. The van der Waals surface area contributed by atoms with Gasteiger partial charge in [-0.1, -0.05) is 36.0 Å². The van der Waals surface area contributed by atoms with Crippen LogP contribution in [0.5, 0.6) is 11.5 Å². The van der Waals surface area contributed by atoms with Crippen LogP contribution in [0.2, 0.25) is 0 Å². The highest BCUT2D eigenvalue weighted by Gasteiger charge is 2.31. The molecule has 0 aromatic heterocycles. The number of thioether (sulfide) groups is 1. The Labute approximate surface area is 148 Å². The number of aromatic hydroxyl groups is 1. The summed E-state index contributed by atoms with van der Waals surface area (Å²) in [7, 11) is 0. The molecule has 1 aliphatic heterocycles. The summed E-state index contributed by atoms with van der Waals surface area (Å²) in [5.41, 5.74) is 1.28. The summed E-state index contributed by atoms with van der Waals surface area (Å²) in [5, 5.41) is 10.9. The van der Waals surface area contributed by atoms with Crippen LogP contribution in [0.25, 0.3) is 0 Å². The van der Waals surface area contributed by atoms with Gasteiger partial charge >= 0.3 is 0 Å². The van der Waals surface area contributed by atoms with Gasteiger partial charge in [0.05, 0.1) is 5.25 Å². The largest absolute Gasteiger partial charge is 0.508 e. The zero-order valence-corrected chi connectivity index (χ0v) is 13.9. The SMILES string of the molecule is O=C1NC(=O)C(Cc2ccc(OCC(=O)c3cccc(O)c3)cc2)S1. The number of carbonyl (C=O) groups is 3. The van der Waals surface area contributed by atoms with Gasteiger partial charge in [-0.05, 0) is 36.2 Å². The monoisotopic (exact) mass is 357 g/mol. The van der Waals surface area contributed by atoms with Gasteiger partial charge in [0.25, 0.3) is 5.24 Å². The molecule has 0 aliphatic carbocycles. The molecule has 1 atom stereocenters. The highest BCUT2D eigenvalue weighted by atomic mass is 32.2. The van der Waals surface area contributed by atoms with Crippen LogP contribution in [0.3, 0.4) is 0 Å². The third-order valence-electron chi connectivity index (χ3n) is 3.65. The van der Waals surface area contributed by atoms with E-state index in [1.165, 1.54) is 12.1 Å². The third kappa shape index (κ3) is 4.39. The van der Waals surface area contributed by atoms with Gasteiger partial charge in [0, 0.05) is 5.56 Å². The van der Waals surface area contributed by atoms with E-state index in [0.717, 1.165) is 17.3 Å². The zero-order chi connectivity index (χ0) is 17.8. The second-order valence-electron chi connectivity index (χ2n) is 5.49. The molecule has 2 aromatic carbocycles. The molecule has 2 amide bonds. The van der Waals surface area contributed by atoms with E-state index in [1.807, 2.05) is 0 Å². The van der Waals surface area contributed by atoms with Crippen molar-refractivity contribution >= 4 is 28.7 Å². The highest BCUT2D eigenvalue weighted by molar-refractivity contribution is 8.15. The number of phenolic OH excluding ortho intramolecular Hbond substituents is 1. The maximum Gasteiger partial charge on any atom is 0.286 e. The number of benzene rings is 2. The number of hydrogen-bond acceptors (Lipinski definition) is 6. The Morgan fingerprint density at radius 2 is 1.92 bits per heavy atom. The number of rotatable bonds is 6. The lowest BCUT2D eigenvalue weighted by Crippen LogP contribution is -2.25. The van der Waals surface area contributed by atoms with Crippen molar-refractivity contribution < 1.29 is 24.2 Å². The lowest BCUT2D eigenvalue weighted by Gasteiger charge is -2.08. The molecule has 128 valence electrons. The maximum absolute atomic E-state index is 12.0. The van der Waals surface area contributed by atoms with Crippen molar-refractivity contribution in [1.29, 1.82) is 0 Å². The molecule has 3 rings (SSSR count). The summed E-state index contributed by atoms with van der Waals surface area (Å²) in [6.07, 6.45) is 0.449. The van der Waals surface area contributed by atoms with Crippen LogP contribution in [-0.2, 0) is 11.2 Å². The number of ether oxygens (including phenoxy) is 1. The second-order valence-corrected chi connectivity index (χ2v) is 6.67. The number of hydrogen-bond donors (Lipinski definition) is 2. The van der Waals surface area contributed by atoms with E-state index in [4.69, 9.17) is 4.74 Å². The number of amides is 2. The average Bonchev–Trinajstić information content (AvgIpc) is 2.91. The summed E-state index contributed by atoms with van der Waals surface area (Å²) >= 11 is 0.990. The molecular weight excluding hydrogens is 342 g/mol. The molecule has 0 bridgehead atoms. The predicted molar refractivity (Wildman–Crippen MR) is 93.0 cm³/mol. The summed E-state index contributed by atoms with van der Waals surface area (Å²) < 4.78 is 5.46. The molecule has 1 heterocycles. The minimum Gasteiger partial charge on any atom is -0.508 e. The van der Waals surface area contributed by atoms with Crippen LogP contribution in [0.15, 0.2) is 48.5 Å². The summed E-state index contributed by atoms with van der Waals surface area (Å²) in [6, 6.07) is 13.1. The number of ketones is 1. The van der Waals surface area contributed by atoms with Crippen molar-refractivity contribution in [3.8, 4) is 11.5 Å². The average molecular weight is 357 g/mol. The van der Waals surface area contributed by atoms with E-state index in [9.17, 15) is 19.5 Å². The number of carbonyl (C=O) groups excluding carboxylic acids is 3. The van der Waals surface area contributed by atoms with Crippen molar-refractivity contribution in [1.82, 2.24) is 5.32 Å². The summed E-state index contributed by atoms with van der Waals surface area (Å²) in [6.45, 7) is -0.141. The van der Waals surface area contributed by atoms with Gasteiger partial charge in [-0.25, -0.2) is 0 Å². The summed E-state index contributed by atoms with van der Waals surface area (Å²) in [5.74, 6) is 0.0453. The highest BCUT2D eigenvalue weighted by Crippen LogP contribution is 2.24. The zero-order valence-electron chi connectivity index (χ0n) is 13.1. The van der Waals surface area contributed by atoms with Gasteiger partial charge in [0.2, 0.25) is 5.91 Å². The molecule has 2 N–H and O–H groups in total. The normalized spacial score (nSPS) is 16.6. The van der Waals surface area contributed by atoms with Crippen molar-refractivity contribution in [2.75, 3.05) is 6.61 Å². The maximum atomic E-state index is 12.0. The molecule has 25 heavy (non-hydrogen) atoms. The first-order chi connectivity index (χ1) is 12.0. The lowest BCUT2D eigenvalue weighted by molar-refractivity contribution is -0.118. The Kier molecular flexibility index (Phi) is 5.04. The molecule has 1 saturated heterocycles. The molecule has 1 fully saturated rings. The van der Waals surface area contributed by atoms with E-state index in [0.29, 0.717) is 17.7 Å². The second kappa shape index (κ2) is 7.40. The smallest absolute Gasteiger partial charge is 0.286 e. The van der Waals surface area contributed by atoms with E-state index in [1.54, 1.807) is 36.4 Å². The number of nitrogens with one attached hydrogen (secondary N) is 1. The minimum atomic E-state index is -0.411. The van der Waals surface area contributed by atoms with Gasteiger partial charge < -0.3 is 9.84 Å². The van der Waals surface area contributed by atoms with E-state index < -0.39 is 5.25 Å². The van der Waals surface area contributed by atoms with Crippen LogP contribution in [0, 0.1) is 0 Å². The molecule has 2 aromatic rings. The van der Waals surface area contributed by atoms with Gasteiger partial charge in [-0.3, -0.25) is 19.7 Å². The first kappa shape index (κ1) is 17.0. The van der Waals surface area contributed by atoms with Crippen molar-refractivity contribution in [2.24, 2.45) is 0 Å². The Morgan fingerprint density at radius 3 is 2.56 bits per heavy atom. The Balaban J connectivity index is 1.55. The third-order valence-corrected chi connectivity index (χ3v) is 4.63. The first-order valence-electron chi connectivity index (χ1n) is 7.57. The number of Topliss-reactive ketones (excluding diaryl/α,β-unsaturated/α-hetero) is 1. The first-order valence-corrected chi connectivity index (χ1v) is 8.45. The predicted octanol–water partition coefficient (Wildman–Crippen LogP) is 2.55. The number of phenols is 1. The molecule has 0 spiro atoms. The quantitative estimate of drug-likeness (QED) is 0.772. The topological polar surface area (TPSA) is 92.7 Å². The van der Waals surface area contributed by atoms with Crippen molar-refractivity contribution in [3.05, 3.63) is 59.7 Å². The molecular formula is C18H15NO5S. The van der Waals surface area contributed by atoms with Crippen LogP contribution in [0.4, 0.5) is 4.79 Å². The molecule has 1 unspecified atom stereocenters. The van der Waals surface area contributed by atoms with E-state index in [2.05, 4.69) is 5.32 Å². The van der Waals surface area contributed by atoms with Crippen LogP contribution < -0.4 is 10.1 Å². The molecule has 1 aliphatic rings. The fourth-order valence-electron chi connectivity index (χ4n) is 2.38. The Morgan fingerprint density at radius 1 is 1.16 bits per heavy atom. The Hall–Kier alpha value is -2.80. The standard InChI is InChI=1S/C18H15NO5S/c20-13-3-1-2-12(9-13)15(21)10-24-14-6-4-11(5-7-14)8-16-17(22)19-18(23)25-16/h1-7,9,16,20H,8,10H2,(H,19,22,23).